The van der Waals surface area contributed by atoms with Crippen LogP contribution in [0.3, 0.4) is 0 Å². The number of nitrogen functional groups attached to an aromatic ring is 1. The standard InChI is InChI=1S/C15H19ClN2O2S/c1-8(2)11(7-20-3)18-15(19)14-13(17)10-5-4-9(16)6-12(10)21-14/h4-6,8,11H,7,17H2,1-3H3,(H,18,19). The molecule has 2 aromatic rings. The highest BCUT2D eigenvalue weighted by atomic mass is 35.5. The molecule has 0 spiro atoms. The summed E-state index contributed by atoms with van der Waals surface area (Å²) in [6, 6.07) is 5.39. The van der Waals surface area contributed by atoms with Crippen LogP contribution in [-0.2, 0) is 4.74 Å². The van der Waals surface area contributed by atoms with Gasteiger partial charge in [0.2, 0.25) is 0 Å². The zero-order valence-electron chi connectivity index (χ0n) is 12.3. The third-order valence-corrected chi connectivity index (χ3v) is 4.77. The Morgan fingerprint density at radius 3 is 2.81 bits per heavy atom. The lowest BCUT2D eigenvalue weighted by Gasteiger charge is -2.21. The van der Waals surface area contributed by atoms with Gasteiger partial charge in [-0.25, -0.2) is 0 Å². The minimum atomic E-state index is -0.166. The van der Waals surface area contributed by atoms with E-state index in [1.54, 1.807) is 13.2 Å². The van der Waals surface area contributed by atoms with Crippen LogP contribution in [0.15, 0.2) is 18.2 Å². The third-order valence-electron chi connectivity index (χ3n) is 3.36. The van der Waals surface area contributed by atoms with Crippen LogP contribution in [-0.4, -0.2) is 25.7 Å². The summed E-state index contributed by atoms with van der Waals surface area (Å²) in [6.45, 7) is 4.55. The molecule has 21 heavy (non-hydrogen) atoms. The lowest BCUT2D eigenvalue weighted by atomic mass is 10.1. The molecule has 1 aromatic heterocycles. The van der Waals surface area contributed by atoms with E-state index in [4.69, 9.17) is 22.1 Å². The summed E-state index contributed by atoms with van der Waals surface area (Å²) in [6.07, 6.45) is 0. The summed E-state index contributed by atoms with van der Waals surface area (Å²) in [5.41, 5.74) is 6.59. The average molecular weight is 327 g/mol. The largest absolute Gasteiger partial charge is 0.397 e. The van der Waals surface area contributed by atoms with E-state index in [1.165, 1.54) is 11.3 Å². The second kappa shape index (κ2) is 6.64. The maximum atomic E-state index is 12.4. The predicted molar refractivity (Wildman–Crippen MR) is 89.2 cm³/mol. The van der Waals surface area contributed by atoms with Crippen LogP contribution in [0.4, 0.5) is 5.69 Å². The summed E-state index contributed by atoms with van der Waals surface area (Å²) >= 11 is 7.33. The Balaban J connectivity index is 2.28. The van der Waals surface area contributed by atoms with Gasteiger partial charge in [0.05, 0.1) is 18.3 Å². The highest BCUT2D eigenvalue weighted by Crippen LogP contribution is 2.35. The van der Waals surface area contributed by atoms with Crippen molar-refractivity contribution in [1.29, 1.82) is 0 Å². The molecule has 1 heterocycles. The zero-order chi connectivity index (χ0) is 15.6. The molecule has 0 aliphatic heterocycles. The second-order valence-electron chi connectivity index (χ2n) is 5.26. The molecule has 0 radical (unpaired) electrons. The number of methoxy groups -OCH3 is 1. The molecule has 1 atom stereocenters. The number of ether oxygens (including phenoxy) is 1. The van der Waals surface area contributed by atoms with Crippen molar-refractivity contribution in [3.05, 3.63) is 28.1 Å². The number of hydrogen-bond donors (Lipinski definition) is 2. The van der Waals surface area contributed by atoms with E-state index < -0.39 is 0 Å². The Bertz CT molecular complexity index is 654. The van der Waals surface area contributed by atoms with Gasteiger partial charge in [0.25, 0.3) is 5.91 Å². The molecule has 4 nitrogen and oxygen atoms in total. The van der Waals surface area contributed by atoms with Crippen LogP contribution in [0.1, 0.15) is 23.5 Å². The number of amides is 1. The van der Waals surface area contributed by atoms with E-state index >= 15 is 0 Å². The van der Waals surface area contributed by atoms with Crippen molar-refractivity contribution < 1.29 is 9.53 Å². The van der Waals surface area contributed by atoms with Gasteiger partial charge in [-0.3, -0.25) is 4.79 Å². The lowest BCUT2D eigenvalue weighted by molar-refractivity contribution is 0.0871. The number of benzene rings is 1. The van der Waals surface area contributed by atoms with Crippen molar-refractivity contribution in [3.63, 3.8) is 0 Å². The van der Waals surface area contributed by atoms with Crippen molar-refractivity contribution in [2.75, 3.05) is 19.5 Å². The maximum Gasteiger partial charge on any atom is 0.263 e. The van der Waals surface area contributed by atoms with Gasteiger partial charge in [-0.15, -0.1) is 11.3 Å². The van der Waals surface area contributed by atoms with E-state index in [0.717, 1.165) is 10.1 Å². The zero-order valence-corrected chi connectivity index (χ0v) is 13.8. The van der Waals surface area contributed by atoms with Crippen molar-refractivity contribution >= 4 is 44.6 Å². The second-order valence-corrected chi connectivity index (χ2v) is 6.75. The Hall–Kier alpha value is -1.30. The molecule has 6 heteroatoms. The van der Waals surface area contributed by atoms with Gasteiger partial charge in [-0.1, -0.05) is 25.4 Å². The van der Waals surface area contributed by atoms with E-state index in [2.05, 4.69) is 5.32 Å². The number of anilines is 1. The fourth-order valence-electron chi connectivity index (χ4n) is 2.07. The Labute approximate surface area is 133 Å². The van der Waals surface area contributed by atoms with Crippen LogP contribution in [0.2, 0.25) is 5.02 Å². The number of nitrogens with one attached hydrogen (secondary N) is 1. The van der Waals surface area contributed by atoms with Gasteiger partial charge in [0.1, 0.15) is 4.88 Å². The Morgan fingerprint density at radius 1 is 1.48 bits per heavy atom. The third kappa shape index (κ3) is 3.48. The molecule has 0 bridgehead atoms. The van der Waals surface area contributed by atoms with Crippen molar-refractivity contribution in [3.8, 4) is 0 Å². The number of nitrogens with two attached hydrogens (primary N) is 1. The molecule has 114 valence electrons. The highest BCUT2D eigenvalue weighted by Gasteiger charge is 2.21. The average Bonchev–Trinajstić information content (AvgIpc) is 2.74. The van der Waals surface area contributed by atoms with Crippen LogP contribution in [0.25, 0.3) is 10.1 Å². The van der Waals surface area contributed by atoms with E-state index in [9.17, 15) is 4.79 Å². The van der Waals surface area contributed by atoms with Gasteiger partial charge in [-0.2, -0.15) is 0 Å². The van der Waals surface area contributed by atoms with Crippen molar-refractivity contribution in [2.45, 2.75) is 19.9 Å². The van der Waals surface area contributed by atoms with Gasteiger partial charge in [-0.05, 0) is 24.1 Å². The molecule has 3 N–H and O–H groups in total. The van der Waals surface area contributed by atoms with Crippen LogP contribution < -0.4 is 11.1 Å². The summed E-state index contributed by atoms with van der Waals surface area (Å²) < 4.78 is 6.06. The van der Waals surface area contributed by atoms with Crippen LogP contribution in [0.5, 0.6) is 0 Å². The molecule has 0 fully saturated rings. The van der Waals surface area contributed by atoms with E-state index in [1.807, 2.05) is 26.0 Å². The molecule has 2 rings (SSSR count). The fraction of sp³-hybridized carbons (Fsp3) is 0.400. The Morgan fingerprint density at radius 2 is 2.19 bits per heavy atom. The topological polar surface area (TPSA) is 64.3 Å². The van der Waals surface area contributed by atoms with Gasteiger partial charge in [0, 0.05) is 22.2 Å². The molecule has 0 aliphatic rings. The molecular weight excluding hydrogens is 308 g/mol. The first-order chi connectivity index (χ1) is 9.93. The maximum absolute atomic E-state index is 12.4. The number of thiophene rings is 1. The lowest BCUT2D eigenvalue weighted by Crippen LogP contribution is -2.41. The number of carbonyl (C=O) groups is 1. The first-order valence-electron chi connectivity index (χ1n) is 6.71. The molecule has 1 amide bonds. The number of hydrogen-bond acceptors (Lipinski definition) is 4. The SMILES string of the molecule is COCC(NC(=O)c1sc2cc(Cl)ccc2c1N)C(C)C. The highest BCUT2D eigenvalue weighted by molar-refractivity contribution is 7.21. The number of carbonyl (C=O) groups excluding carboxylic acids is 1. The summed E-state index contributed by atoms with van der Waals surface area (Å²) in [4.78, 5) is 13.0. The van der Waals surface area contributed by atoms with E-state index in [0.29, 0.717) is 22.2 Å². The number of rotatable bonds is 5. The minimum Gasteiger partial charge on any atom is -0.397 e. The number of halogens is 1. The van der Waals surface area contributed by atoms with E-state index in [-0.39, 0.29) is 17.9 Å². The normalized spacial score (nSPS) is 12.8. The van der Waals surface area contributed by atoms with Crippen molar-refractivity contribution in [1.82, 2.24) is 5.32 Å². The first kappa shape index (κ1) is 16.1. The molecule has 0 saturated heterocycles. The van der Waals surface area contributed by atoms with Crippen LogP contribution in [0, 0.1) is 5.92 Å². The number of fused-ring (bicyclic) bond motifs is 1. The monoisotopic (exact) mass is 326 g/mol. The first-order valence-corrected chi connectivity index (χ1v) is 7.90. The van der Waals surface area contributed by atoms with Crippen LogP contribution >= 0.6 is 22.9 Å². The molecular formula is C15H19ClN2O2S. The molecule has 1 unspecified atom stereocenters. The van der Waals surface area contributed by atoms with Gasteiger partial charge >= 0.3 is 0 Å². The smallest absolute Gasteiger partial charge is 0.263 e. The summed E-state index contributed by atoms with van der Waals surface area (Å²) in [7, 11) is 1.62. The summed E-state index contributed by atoms with van der Waals surface area (Å²) in [5.74, 6) is 0.111. The molecule has 0 saturated carbocycles. The summed E-state index contributed by atoms with van der Waals surface area (Å²) in [5, 5.41) is 4.48. The predicted octanol–water partition coefficient (Wildman–Crippen LogP) is 3.54. The Kier molecular flexibility index (Phi) is 5.08. The van der Waals surface area contributed by atoms with Gasteiger partial charge in [0.15, 0.2) is 0 Å². The van der Waals surface area contributed by atoms with Crippen molar-refractivity contribution in [2.24, 2.45) is 5.92 Å². The molecule has 1 aromatic carbocycles. The quantitative estimate of drug-likeness (QED) is 0.883. The fourth-order valence-corrected chi connectivity index (χ4v) is 3.38. The van der Waals surface area contributed by atoms with Gasteiger partial charge < -0.3 is 15.8 Å². The molecule has 0 aliphatic carbocycles. The minimum absolute atomic E-state index is 0.0456.